The Balaban J connectivity index is 1.99. The quantitative estimate of drug-likeness (QED) is 0.819. The minimum atomic E-state index is -0.224. The molecular weight excluding hydrogens is 331 g/mol. The summed E-state index contributed by atoms with van der Waals surface area (Å²) in [5, 5.41) is 7.07. The van der Waals surface area contributed by atoms with E-state index >= 15 is 0 Å². The predicted octanol–water partition coefficient (Wildman–Crippen LogP) is 5.01. The molecule has 0 bridgehead atoms. The summed E-state index contributed by atoms with van der Waals surface area (Å²) in [5.74, 6) is -0.224. The van der Waals surface area contributed by atoms with Crippen LogP contribution in [0.1, 0.15) is 5.56 Å². The third-order valence-electron chi connectivity index (χ3n) is 2.86. The highest BCUT2D eigenvalue weighted by Crippen LogP contribution is 2.29. The van der Waals surface area contributed by atoms with Crippen LogP contribution in [0.2, 0.25) is 15.1 Å². The van der Waals surface area contributed by atoms with E-state index in [1.54, 1.807) is 30.3 Å². The van der Waals surface area contributed by atoms with Crippen LogP contribution in [-0.4, -0.2) is 12.5 Å². The average molecular weight is 344 g/mol. The van der Waals surface area contributed by atoms with Gasteiger partial charge < -0.3 is 10.6 Å². The Morgan fingerprint density at radius 3 is 2.62 bits per heavy atom. The Morgan fingerprint density at radius 1 is 1.10 bits per heavy atom. The van der Waals surface area contributed by atoms with E-state index in [0.29, 0.717) is 20.8 Å². The Kier molecular flexibility index (Phi) is 5.34. The lowest BCUT2D eigenvalue weighted by atomic mass is 10.2. The highest BCUT2D eigenvalue weighted by molar-refractivity contribution is 6.44. The zero-order valence-corrected chi connectivity index (χ0v) is 13.5. The van der Waals surface area contributed by atoms with Crippen LogP contribution in [0.5, 0.6) is 0 Å². The molecule has 0 saturated heterocycles. The van der Waals surface area contributed by atoms with Gasteiger partial charge in [0.1, 0.15) is 0 Å². The number of aryl methyl sites for hydroxylation is 1. The molecule has 3 nitrogen and oxygen atoms in total. The van der Waals surface area contributed by atoms with Crippen molar-refractivity contribution < 1.29 is 4.79 Å². The van der Waals surface area contributed by atoms with E-state index in [-0.39, 0.29) is 12.5 Å². The zero-order valence-electron chi connectivity index (χ0n) is 11.2. The standard InChI is InChI=1S/C15H13Cl3N2O/c1-9-5-6-10(16)7-13(9)19-8-14(21)20-12-4-2-3-11(17)15(12)18/h2-7,19H,8H2,1H3,(H,20,21). The Hall–Kier alpha value is -1.42. The van der Waals surface area contributed by atoms with E-state index in [0.717, 1.165) is 11.3 Å². The van der Waals surface area contributed by atoms with Crippen LogP contribution in [0.3, 0.4) is 0 Å². The lowest BCUT2D eigenvalue weighted by molar-refractivity contribution is -0.114. The van der Waals surface area contributed by atoms with E-state index in [1.807, 2.05) is 13.0 Å². The molecule has 0 aliphatic carbocycles. The number of carbonyl (C=O) groups is 1. The summed E-state index contributed by atoms with van der Waals surface area (Å²) in [6.07, 6.45) is 0. The van der Waals surface area contributed by atoms with E-state index in [9.17, 15) is 4.79 Å². The molecule has 6 heteroatoms. The van der Waals surface area contributed by atoms with Crippen LogP contribution in [-0.2, 0) is 4.79 Å². The van der Waals surface area contributed by atoms with Crippen molar-refractivity contribution in [1.29, 1.82) is 0 Å². The second-order valence-corrected chi connectivity index (χ2v) is 5.68. The van der Waals surface area contributed by atoms with E-state index in [1.165, 1.54) is 0 Å². The van der Waals surface area contributed by atoms with Crippen LogP contribution in [0.15, 0.2) is 36.4 Å². The van der Waals surface area contributed by atoms with Crippen molar-refractivity contribution in [2.75, 3.05) is 17.2 Å². The third kappa shape index (κ3) is 4.27. The zero-order chi connectivity index (χ0) is 15.4. The lowest BCUT2D eigenvalue weighted by Crippen LogP contribution is -2.22. The molecule has 0 atom stereocenters. The van der Waals surface area contributed by atoms with E-state index in [4.69, 9.17) is 34.8 Å². The number of anilines is 2. The first kappa shape index (κ1) is 16.0. The maximum absolute atomic E-state index is 11.9. The second kappa shape index (κ2) is 7.03. The summed E-state index contributed by atoms with van der Waals surface area (Å²) in [7, 11) is 0. The Bertz CT molecular complexity index is 674. The molecule has 0 aliphatic rings. The molecule has 2 N–H and O–H groups in total. The predicted molar refractivity (Wildman–Crippen MR) is 89.8 cm³/mol. The molecule has 1 amide bonds. The van der Waals surface area contributed by atoms with Crippen LogP contribution in [0, 0.1) is 6.92 Å². The molecule has 0 fully saturated rings. The number of carbonyl (C=O) groups excluding carboxylic acids is 1. The normalized spacial score (nSPS) is 10.3. The summed E-state index contributed by atoms with van der Waals surface area (Å²) in [4.78, 5) is 11.9. The van der Waals surface area contributed by atoms with Gasteiger partial charge in [0.2, 0.25) is 5.91 Å². The van der Waals surface area contributed by atoms with Gasteiger partial charge in [-0.1, -0.05) is 46.9 Å². The van der Waals surface area contributed by atoms with E-state index < -0.39 is 0 Å². The summed E-state index contributed by atoms with van der Waals surface area (Å²) >= 11 is 17.8. The van der Waals surface area contributed by atoms with Crippen molar-refractivity contribution in [1.82, 2.24) is 0 Å². The van der Waals surface area contributed by atoms with Crippen LogP contribution in [0.4, 0.5) is 11.4 Å². The molecular formula is C15H13Cl3N2O. The molecule has 2 aromatic rings. The summed E-state index contributed by atoms with van der Waals surface area (Å²) in [6, 6.07) is 10.5. The van der Waals surface area contributed by atoms with Gasteiger partial charge in [-0.15, -0.1) is 0 Å². The van der Waals surface area contributed by atoms with Gasteiger partial charge in [-0.3, -0.25) is 4.79 Å². The highest BCUT2D eigenvalue weighted by Gasteiger charge is 2.08. The van der Waals surface area contributed by atoms with Crippen molar-refractivity contribution in [3.05, 3.63) is 57.0 Å². The van der Waals surface area contributed by atoms with Gasteiger partial charge in [0.15, 0.2) is 0 Å². The van der Waals surface area contributed by atoms with Crippen molar-refractivity contribution in [3.8, 4) is 0 Å². The fraction of sp³-hybridized carbons (Fsp3) is 0.133. The number of nitrogens with one attached hydrogen (secondary N) is 2. The Morgan fingerprint density at radius 2 is 1.86 bits per heavy atom. The van der Waals surface area contributed by atoms with Crippen LogP contribution >= 0.6 is 34.8 Å². The highest BCUT2D eigenvalue weighted by atomic mass is 35.5. The molecule has 0 saturated carbocycles. The largest absolute Gasteiger partial charge is 0.376 e. The van der Waals surface area contributed by atoms with Crippen molar-refractivity contribution in [2.24, 2.45) is 0 Å². The molecule has 110 valence electrons. The van der Waals surface area contributed by atoms with Crippen molar-refractivity contribution in [2.45, 2.75) is 6.92 Å². The minimum Gasteiger partial charge on any atom is -0.376 e. The number of hydrogen-bond acceptors (Lipinski definition) is 2. The third-order valence-corrected chi connectivity index (χ3v) is 3.92. The number of amides is 1. The minimum absolute atomic E-state index is 0.101. The van der Waals surface area contributed by atoms with Gasteiger partial charge in [0, 0.05) is 10.7 Å². The van der Waals surface area contributed by atoms with Crippen LogP contribution < -0.4 is 10.6 Å². The van der Waals surface area contributed by atoms with Crippen molar-refractivity contribution >= 4 is 52.1 Å². The van der Waals surface area contributed by atoms with Gasteiger partial charge in [-0.2, -0.15) is 0 Å². The molecule has 0 heterocycles. The monoisotopic (exact) mass is 342 g/mol. The molecule has 2 rings (SSSR count). The topological polar surface area (TPSA) is 41.1 Å². The number of benzene rings is 2. The fourth-order valence-electron chi connectivity index (χ4n) is 1.75. The maximum atomic E-state index is 11.9. The first-order valence-corrected chi connectivity index (χ1v) is 7.34. The van der Waals surface area contributed by atoms with Gasteiger partial charge in [0.25, 0.3) is 0 Å². The lowest BCUT2D eigenvalue weighted by Gasteiger charge is -2.11. The van der Waals surface area contributed by atoms with Gasteiger partial charge in [-0.25, -0.2) is 0 Å². The molecule has 0 aromatic heterocycles. The fourth-order valence-corrected chi connectivity index (χ4v) is 2.27. The van der Waals surface area contributed by atoms with Crippen LogP contribution in [0.25, 0.3) is 0 Å². The summed E-state index contributed by atoms with van der Waals surface area (Å²) < 4.78 is 0. The molecule has 21 heavy (non-hydrogen) atoms. The first-order chi connectivity index (χ1) is 9.97. The smallest absolute Gasteiger partial charge is 0.243 e. The second-order valence-electron chi connectivity index (χ2n) is 4.46. The van der Waals surface area contributed by atoms with Gasteiger partial charge >= 0.3 is 0 Å². The summed E-state index contributed by atoms with van der Waals surface area (Å²) in [5.41, 5.74) is 2.31. The maximum Gasteiger partial charge on any atom is 0.243 e. The molecule has 0 spiro atoms. The Labute approximate surface area is 138 Å². The van der Waals surface area contributed by atoms with Crippen molar-refractivity contribution in [3.63, 3.8) is 0 Å². The average Bonchev–Trinajstić information content (AvgIpc) is 2.45. The molecule has 0 unspecified atom stereocenters. The number of hydrogen-bond donors (Lipinski definition) is 2. The number of halogens is 3. The first-order valence-electron chi connectivity index (χ1n) is 6.21. The van der Waals surface area contributed by atoms with Gasteiger partial charge in [-0.05, 0) is 36.8 Å². The molecule has 0 radical (unpaired) electrons. The SMILES string of the molecule is Cc1ccc(Cl)cc1NCC(=O)Nc1cccc(Cl)c1Cl. The number of rotatable bonds is 4. The summed E-state index contributed by atoms with van der Waals surface area (Å²) in [6.45, 7) is 2.04. The van der Waals surface area contributed by atoms with E-state index in [2.05, 4.69) is 10.6 Å². The van der Waals surface area contributed by atoms with Gasteiger partial charge in [0.05, 0.1) is 22.3 Å². The molecule has 2 aromatic carbocycles. The molecule has 0 aliphatic heterocycles.